The Bertz CT molecular complexity index is 435. The monoisotopic (exact) mass is 308 g/mol. The first-order valence-corrected chi connectivity index (χ1v) is 8.54. The fraction of sp³-hybridized carbons (Fsp3) is 0.562. The molecule has 0 aromatic heterocycles. The minimum absolute atomic E-state index is 0.135. The maximum Gasteiger partial charge on any atom is 0.224 e. The van der Waals surface area contributed by atoms with E-state index >= 15 is 0 Å². The lowest BCUT2D eigenvalue weighted by Gasteiger charge is -2.29. The van der Waals surface area contributed by atoms with Gasteiger partial charge in [-0.05, 0) is 17.7 Å². The summed E-state index contributed by atoms with van der Waals surface area (Å²) >= 11 is 1.91. The largest absolute Gasteiger partial charge is 0.383 e. The van der Waals surface area contributed by atoms with E-state index in [0.717, 1.165) is 23.5 Å². The number of carbonyl (C=O) groups is 1. The number of methoxy groups -OCH3 is 1. The zero-order valence-corrected chi connectivity index (χ0v) is 13.3. The summed E-state index contributed by atoms with van der Waals surface area (Å²) in [6, 6.07) is 9.91. The van der Waals surface area contributed by atoms with Crippen molar-refractivity contribution in [2.24, 2.45) is 5.73 Å². The molecule has 2 N–H and O–H groups in total. The van der Waals surface area contributed by atoms with Crippen LogP contribution in [-0.4, -0.2) is 48.6 Å². The quantitative estimate of drug-likeness (QED) is 0.838. The number of hydrogen-bond donors (Lipinski definition) is 1. The van der Waals surface area contributed by atoms with Gasteiger partial charge >= 0.3 is 0 Å². The van der Waals surface area contributed by atoms with Crippen LogP contribution >= 0.6 is 11.8 Å². The van der Waals surface area contributed by atoms with Crippen LogP contribution in [0.5, 0.6) is 0 Å². The third-order valence-electron chi connectivity index (χ3n) is 3.83. The second-order valence-corrected chi connectivity index (χ2v) is 6.47. The number of nitrogens with two attached hydrogens (primary N) is 1. The zero-order chi connectivity index (χ0) is 15.1. The Morgan fingerprint density at radius 2 is 2.24 bits per heavy atom. The molecular weight excluding hydrogens is 284 g/mol. The van der Waals surface area contributed by atoms with E-state index in [1.165, 1.54) is 0 Å². The lowest BCUT2D eigenvalue weighted by Crippen LogP contribution is -2.43. The van der Waals surface area contributed by atoms with Gasteiger partial charge in [0.15, 0.2) is 0 Å². The molecule has 5 heteroatoms. The van der Waals surface area contributed by atoms with E-state index < -0.39 is 0 Å². The molecule has 116 valence electrons. The van der Waals surface area contributed by atoms with Gasteiger partial charge in [-0.3, -0.25) is 4.79 Å². The molecule has 1 heterocycles. The molecule has 21 heavy (non-hydrogen) atoms. The van der Waals surface area contributed by atoms with E-state index in [4.69, 9.17) is 10.5 Å². The van der Waals surface area contributed by atoms with E-state index in [2.05, 4.69) is 0 Å². The highest BCUT2D eigenvalue weighted by Crippen LogP contribution is 2.24. The Labute approximate surface area is 131 Å². The molecule has 0 aliphatic carbocycles. The molecule has 1 amide bonds. The van der Waals surface area contributed by atoms with Gasteiger partial charge in [0.25, 0.3) is 0 Å². The average Bonchev–Trinajstić information content (AvgIpc) is 3.02. The number of hydrogen-bond acceptors (Lipinski definition) is 4. The van der Waals surface area contributed by atoms with E-state index in [1.54, 1.807) is 7.11 Å². The molecule has 4 nitrogen and oxygen atoms in total. The summed E-state index contributed by atoms with van der Waals surface area (Å²) in [5, 5.41) is 0. The van der Waals surface area contributed by atoms with Crippen molar-refractivity contribution in [2.45, 2.75) is 24.9 Å². The fourth-order valence-electron chi connectivity index (χ4n) is 2.59. The van der Waals surface area contributed by atoms with E-state index in [9.17, 15) is 4.79 Å². The molecule has 1 aliphatic rings. The number of benzene rings is 1. The lowest BCUT2D eigenvalue weighted by molar-refractivity contribution is -0.134. The van der Waals surface area contributed by atoms with Crippen LogP contribution in [0, 0.1) is 0 Å². The summed E-state index contributed by atoms with van der Waals surface area (Å²) in [6.45, 7) is 1.23. The van der Waals surface area contributed by atoms with Crippen LogP contribution < -0.4 is 5.73 Å². The van der Waals surface area contributed by atoms with Gasteiger partial charge in [0.2, 0.25) is 5.91 Å². The summed E-state index contributed by atoms with van der Waals surface area (Å²) < 4.78 is 5.14. The van der Waals surface area contributed by atoms with Crippen molar-refractivity contribution < 1.29 is 9.53 Å². The second kappa shape index (κ2) is 8.41. The van der Waals surface area contributed by atoms with Crippen LogP contribution in [0.25, 0.3) is 0 Å². The molecule has 0 bridgehead atoms. The number of thioether (sulfide) groups is 1. The van der Waals surface area contributed by atoms with Crippen molar-refractivity contribution in [2.75, 3.05) is 31.8 Å². The van der Waals surface area contributed by atoms with Gasteiger partial charge in [-0.1, -0.05) is 30.3 Å². The summed E-state index contributed by atoms with van der Waals surface area (Å²) in [7, 11) is 1.67. The Morgan fingerprint density at radius 3 is 2.86 bits per heavy atom. The first kappa shape index (κ1) is 16.3. The van der Waals surface area contributed by atoms with Crippen molar-refractivity contribution in [1.82, 2.24) is 4.90 Å². The highest BCUT2D eigenvalue weighted by atomic mass is 32.2. The van der Waals surface area contributed by atoms with Gasteiger partial charge in [0.1, 0.15) is 0 Å². The van der Waals surface area contributed by atoms with Gasteiger partial charge in [-0.25, -0.2) is 0 Å². The number of ether oxygens (including phenoxy) is 1. The van der Waals surface area contributed by atoms with Crippen LogP contribution in [0.2, 0.25) is 0 Å². The van der Waals surface area contributed by atoms with Gasteiger partial charge < -0.3 is 15.4 Å². The van der Waals surface area contributed by atoms with Gasteiger partial charge in [-0.2, -0.15) is 11.8 Å². The average molecular weight is 308 g/mol. The minimum atomic E-state index is -0.238. The predicted molar refractivity (Wildman–Crippen MR) is 87.3 cm³/mol. The Morgan fingerprint density at radius 1 is 1.48 bits per heavy atom. The predicted octanol–water partition coefficient (Wildman–Crippen LogP) is 2.06. The number of nitrogens with zero attached hydrogens (tertiary/aromatic N) is 1. The number of amides is 1. The van der Waals surface area contributed by atoms with Crippen LogP contribution in [-0.2, 0) is 9.53 Å². The van der Waals surface area contributed by atoms with Crippen molar-refractivity contribution in [1.29, 1.82) is 0 Å². The summed E-state index contributed by atoms with van der Waals surface area (Å²) in [5.74, 6) is 2.29. The Balaban J connectivity index is 1.97. The van der Waals surface area contributed by atoms with Gasteiger partial charge in [0.05, 0.1) is 6.61 Å². The molecule has 1 aromatic carbocycles. The Kier molecular flexibility index (Phi) is 6.54. The SMILES string of the molecule is COCCN(C(=O)CC(N)c1ccccc1)C1CCSC1. The highest BCUT2D eigenvalue weighted by Gasteiger charge is 2.27. The smallest absolute Gasteiger partial charge is 0.224 e. The third kappa shape index (κ3) is 4.73. The van der Waals surface area contributed by atoms with E-state index in [0.29, 0.717) is 25.6 Å². The molecule has 2 atom stereocenters. The van der Waals surface area contributed by atoms with Crippen LogP contribution in [0.4, 0.5) is 0 Å². The van der Waals surface area contributed by atoms with E-state index in [1.807, 2.05) is 47.0 Å². The number of rotatable bonds is 7. The van der Waals surface area contributed by atoms with Crippen LogP contribution in [0.1, 0.15) is 24.4 Å². The standard InChI is InChI=1S/C16H24N2O2S/c1-20-9-8-18(14-7-10-21-12-14)16(19)11-15(17)13-5-3-2-4-6-13/h2-6,14-15H,7-12,17H2,1H3. The van der Waals surface area contributed by atoms with Crippen molar-refractivity contribution in [3.8, 4) is 0 Å². The summed E-state index contributed by atoms with van der Waals surface area (Å²) in [5.41, 5.74) is 7.19. The van der Waals surface area contributed by atoms with E-state index in [-0.39, 0.29) is 11.9 Å². The van der Waals surface area contributed by atoms with Gasteiger partial charge in [0, 0.05) is 37.9 Å². The molecule has 1 fully saturated rings. The van der Waals surface area contributed by atoms with Crippen LogP contribution in [0.3, 0.4) is 0 Å². The highest BCUT2D eigenvalue weighted by molar-refractivity contribution is 7.99. The molecule has 1 saturated heterocycles. The van der Waals surface area contributed by atoms with Crippen molar-refractivity contribution in [3.05, 3.63) is 35.9 Å². The first-order chi connectivity index (χ1) is 10.2. The zero-order valence-electron chi connectivity index (χ0n) is 12.5. The molecule has 1 aromatic rings. The fourth-order valence-corrected chi connectivity index (χ4v) is 3.82. The van der Waals surface area contributed by atoms with Crippen molar-refractivity contribution in [3.63, 3.8) is 0 Å². The summed E-state index contributed by atoms with van der Waals surface area (Å²) in [4.78, 5) is 14.6. The summed E-state index contributed by atoms with van der Waals surface area (Å²) in [6.07, 6.45) is 1.43. The molecular formula is C16H24N2O2S. The van der Waals surface area contributed by atoms with Crippen LogP contribution in [0.15, 0.2) is 30.3 Å². The van der Waals surface area contributed by atoms with Gasteiger partial charge in [-0.15, -0.1) is 0 Å². The maximum atomic E-state index is 12.6. The van der Waals surface area contributed by atoms with Crippen molar-refractivity contribution >= 4 is 17.7 Å². The maximum absolute atomic E-state index is 12.6. The molecule has 0 saturated carbocycles. The Hall–Kier alpha value is -1.04. The molecule has 1 aliphatic heterocycles. The molecule has 0 spiro atoms. The first-order valence-electron chi connectivity index (χ1n) is 7.39. The molecule has 2 unspecified atom stereocenters. The molecule has 2 rings (SSSR count). The topological polar surface area (TPSA) is 55.6 Å². The normalized spacial score (nSPS) is 19.4. The number of carbonyl (C=O) groups excluding carboxylic acids is 1. The third-order valence-corrected chi connectivity index (χ3v) is 4.97. The second-order valence-electron chi connectivity index (χ2n) is 5.32. The lowest BCUT2D eigenvalue weighted by atomic mass is 10.0. The minimum Gasteiger partial charge on any atom is -0.383 e. The molecule has 0 radical (unpaired) electrons.